The summed E-state index contributed by atoms with van der Waals surface area (Å²) in [6.45, 7) is 2.01. The Hall–Kier alpha value is -0.910. The zero-order valence-corrected chi connectivity index (χ0v) is 14.0. The Bertz CT molecular complexity index is 660. The van der Waals surface area contributed by atoms with Crippen LogP contribution in [0.4, 0.5) is 0 Å². The van der Waals surface area contributed by atoms with Crippen molar-refractivity contribution in [2.24, 2.45) is 0 Å². The minimum Gasteiger partial charge on any atom is -0.484 e. The van der Waals surface area contributed by atoms with Crippen LogP contribution in [0.15, 0.2) is 39.4 Å². The average Bonchev–Trinajstić information content (AvgIpc) is 2.39. The Morgan fingerprint density at radius 1 is 1.30 bits per heavy atom. The van der Waals surface area contributed by atoms with Gasteiger partial charge in [-0.15, -0.1) is 0 Å². The number of aromatic nitrogens is 1. The number of halogens is 2. The van der Waals surface area contributed by atoms with Gasteiger partial charge in [-0.3, -0.25) is 4.98 Å². The molecule has 0 amide bonds. The summed E-state index contributed by atoms with van der Waals surface area (Å²) in [5.41, 5.74) is 2.78. The van der Waals surface area contributed by atoms with Gasteiger partial charge in [0, 0.05) is 27.1 Å². The molecular weight excluding hydrogens is 386 g/mol. The van der Waals surface area contributed by atoms with Gasteiger partial charge in [0.25, 0.3) is 0 Å². The third-order valence-electron chi connectivity index (χ3n) is 3.37. The molecule has 104 valence electrons. The number of aliphatic hydroxyl groups excluding tert-OH is 1. The summed E-state index contributed by atoms with van der Waals surface area (Å²) in [5, 5.41) is 10.3. The second kappa shape index (κ2) is 5.47. The number of nitrogens with zero attached hydrogens (tertiary/aromatic N) is 1. The molecule has 0 saturated heterocycles. The van der Waals surface area contributed by atoms with E-state index in [1.165, 1.54) is 0 Å². The number of pyridine rings is 1. The predicted molar refractivity (Wildman–Crippen MR) is 83.8 cm³/mol. The third kappa shape index (κ3) is 2.62. The van der Waals surface area contributed by atoms with Crippen molar-refractivity contribution in [2.75, 3.05) is 0 Å². The first-order chi connectivity index (χ1) is 9.54. The van der Waals surface area contributed by atoms with Gasteiger partial charge in [-0.2, -0.15) is 0 Å². The summed E-state index contributed by atoms with van der Waals surface area (Å²) < 4.78 is 7.77. The van der Waals surface area contributed by atoms with E-state index in [0.29, 0.717) is 6.42 Å². The molecule has 1 aliphatic rings. The fourth-order valence-corrected chi connectivity index (χ4v) is 3.64. The fourth-order valence-electron chi connectivity index (χ4n) is 2.40. The average molecular weight is 399 g/mol. The number of hydrogen-bond donors (Lipinski definition) is 1. The number of fused-ring (bicyclic) bond motifs is 1. The van der Waals surface area contributed by atoms with Crippen molar-refractivity contribution in [2.45, 2.75) is 25.6 Å². The molecule has 3 nitrogen and oxygen atoms in total. The lowest BCUT2D eigenvalue weighted by Crippen LogP contribution is -2.20. The molecule has 0 fully saturated rings. The van der Waals surface area contributed by atoms with Crippen LogP contribution in [0.25, 0.3) is 0 Å². The number of ether oxygens (including phenoxy) is 1. The number of aliphatic hydroxyl groups is 1. The van der Waals surface area contributed by atoms with Crippen LogP contribution in [0.5, 0.6) is 5.75 Å². The summed E-state index contributed by atoms with van der Waals surface area (Å²) in [4.78, 5) is 4.40. The lowest BCUT2D eigenvalue weighted by Gasteiger charge is -2.30. The highest BCUT2D eigenvalue weighted by Crippen LogP contribution is 2.42. The molecule has 2 heterocycles. The van der Waals surface area contributed by atoms with Crippen LogP contribution < -0.4 is 4.74 Å². The van der Waals surface area contributed by atoms with E-state index < -0.39 is 6.10 Å². The van der Waals surface area contributed by atoms with Crippen molar-refractivity contribution in [3.05, 3.63) is 56.2 Å². The maximum atomic E-state index is 10.3. The maximum absolute atomic E-state index is 10.3. The third-order valence-corrected chi connectivity index (χ3v) is 4.44. The Kier molecular flexibility index (Phi) is 3.84. The highest BCUT2D eigenvalue weighted by atomic mass is 79.9. The first-order valence-corrected chi connectivity index (χ1v) is 7.89. The Labute approximate surface area is 134 Å². The molecule has 1 aliphatic heterocycles. The molecule has 0 spiro atoms. The van der Waals surface area contributed by atoms with E-state index in [-0.39, 0.29) is 6.10 Å². The number of hydrogen-bond acceptors (Lipinski definition) is 3. The van der Waals surface area contributed by atoms with Crippen LogP contribution in [0.3, 0.4) is 0 Å². The van der Waals surface area contributed by atoms with Gasteiger partial charge in [0.05, 0.1) is 11.8 Å². The molecule has 2 atom stereocenters. The Morgan fingerprint density at radius 3 is 2.85 bits per heavy atom. The molecule has 1 aromatic carbocycles. The molecule has 0 aliphatic carbocycles. The van der Waals surface area contributed by atoms with E-state index in [2.05, 4.69) is 36.8 Å². The van der Waals surface area contributed by atoms with E-state index in [0.717, 1.165) is 31.5 Å². The van der Waals surface area contributed by atoms with E-state index in [1.54, 1.807) is 6.20 Å². The largest absolute Gasteiger partial charge is 0.484 e. The van der Waals surface area contributed by atoms with Crippen molar-refractivity contribution < 1.29 is 9.84 Å². The molecule has 20 heavy (non-hydrogen) atoms. The molecular formula is C15H13Br2NO2. The predicted octanol–water partition coefficient (Wildman–Crippen LogP) is 4.47. The summed E-state index contributed by atoms with van der Waals surface area (Å²) in [6.07, 6.45) is 1.47. The van der Waals surface area contributed by atoms with Crippen LogP contribution in [0.2, 0.25) is 0 Å². The summed E-state index contributed by atoms with van der Waals surface area (Å²) >= 11 is 6.88. The molecule has 2 aromatic rings. The van der Waals surface area contributed by atoms with E-state index in [1.807, 2.05) is 31.2 Å². The van der Waals surface area contributed by atoms with Gasteiger partial charge in [0.15, 0.2) is 0 Å². The zero-order valence-electron chi connectivity index (χ0n) is 10.8. The van der Waals surface area contributed by atoms with E-state index >= 15 is 0 Å². The van der Waals surface area contributed by atoms with Crippen molar-refractivity contribution in [3.63, 3.8) is 0 Å². The van der Waals surface area contributed by atoms with Crippen LogP contribution in [0.1, 0.15) is 35.4 Å². The van der Waals surface area contributed by atoms with Crippen molar-refractivity contribution in [3.8, 4) is 5.75 Å². The SMILES string of the molecule is Cc1ccc2c(c1)C(O)CC(c1ncc(Br)cc1Br)O2. The highest BCUT2D eigenvalue weighted by Gasteiger charge is 2.30. The maximum Gasteiger partial charge on any atom is 0.144 e. The first-order valence-electron chi connectivity index (χ1n) is 6.31. The quantitative estimate of drug-likeness (QED) is 0.770. The minimum absolute atomic E-state index is 0.248. The number of benzene rings is 1. The van der Waals surface area contributed by atoms with Crippen LogP contribution >= 0.6 is 31.9 Å². The van der Waals surface area contributed by atoms with Gasteiger partial charge in [0.2, 0.25) is 0 Å². The second-order valence-electron chi connectivity index (χ2n) is 4.92. The normalized spacial score (nSPS) is 21.2. The Balaban J connectivity index is 1.97. The van der Waals surface area contributed by atoms with Gasteiger partial charge >= 0.3 is 0 Å². The fraction of sp³-hybridized carbons (Fsp3) is 0.267. The molecule has 1 N–H and O–H groups in total. The molecule has 1 aromatic heterocycles. The minimum atomic E-state index is -0.527. The summed E-state index contributed by atoms with van der Waals surface area (Å²) in [7, 11) is 0. The van der Waals surface area contributed by atoms with Gasteiger partial charge in [-0.05, 0) is 57.0 Å². The molecule has 0 bridgehead atoms. The molecule has 0 radical (unpaired) electrons. The number of aryl methyl sites for hydroxylation is 1. The lowest BCUT2D eigenvalue weighted by atomic mass is 9.96. The van der Waals surface area contributed by atoms with Crippen molar-refractivity contribution in [1.82, 2.24) is 4.98 Å². The van der Waals surface area contributed by atoms with Gasteiger partial charge < -0.3 is 9.84 Å². The van der Waals surface area contributed by atoms with Crippen LogP contribution in [-0.4, -0.2) is 10.1 Å². The molecule has 2 unspecified atom stereocenters. The van der Waals surface area contributed by atoms with Crippen molar-refractivity contribution in [1.29, 1.82) is 0 Å². The van der Waals surface area contributed by atoms with Crippen LogP contribution in [0, 0.1) is 6.92 Å². The summed E-state index contributed by atoms with van der Waals surface area (Å²) in [5.74, 6) is 0.732. The lowest BCUT2D eigenvalue weighted by molar-refractivity contribution is 0.0632. The van der Waals surface area contributed by atoms with Gasteiger partial charge in [0.1, 0.15) is 11.9 Å². The smallest absolute Gasteiger partial charge is 0.144 e. The summed E-state index contributed by atoms with van der Waals surface area (Å²) in [6, 6.07) is 7.80. The van der Waals surface area contributed by atoms with E-state index in [4.69, 9.17) is 4.74 Å². The molecule has 0 saturated carbocycles. The number of rotatable bonds is 1. The van der Waals surface area contributed by atoms with Gasteiger partial charge in [-0.25, -0.2) is 0 Å². The van der Waals surface area contributed by atoms with E-state index in [9.17, 15) is 5.11 Å². The van der Waals surface area contributed by atoms with Crippen molar-refractivity contribution >= 4 is 31.9 Å². The zero-order chi connectivity index (χ0) is 14.3. The van der Waals surface area contributed by atoms with Crippen LogP contribution in [-0.2, 0) is 0 Å². The monoisotopic (exact) mass is 397 g/mol. The second-order valence-corrected chi connectivity index (χ2v) is 6.69. The topological polar surface area (TPSA) is 42.4 Å². The molecule has 5 heteroatoms. The Morgan fingerprint density at radius 2 is 2.10 bits per heavy atom. The van der Waals surface area contributed by atoms with Gasteiger partial charge in [-0.1, -0.05) is 11.6 Å². The first kappa shape index (κ1) is 14.0. The standard InChI is InChI=1S/C15H13Br2NO2/c1-8-2-3-13-10(4-8)12(19)6-14(20-13)15-11(17)5-9(16)7-18-15/h2-5,7,12,14,19H,6H2,1H3. The molecule has 3 rings (SSSR count). The highest BCUT2D eigenvalue weighted by molar-refractivity contribution is 9.11.